The SMILES string of the molecule is CN(c1cc(F)c(F)cc1F)c1cccc2ccccc12. The monoisotopic (exact) mass is 287 g/mol. The van der Waals surface area contributed by atoms with E-state index in [-0.39, 0.29) is 5.69 Å². The Morgan fingerprint density at radius 1 is 0.714 bits per heavy atom. The van der Waals surface area contributed by atoms with Crippen molar-refractivity contribution >= 4 is 22.1 Å². The van der Waals surface area contributed by atoms with Crippen LogP contribution in [-0.4, -0.2) is 7.05 Å². The lowest BCUT2D eigenvalue weighted by atomic mass is 10.1. The van der Waals surface area contributed by atoms with Gasteiger partial charge in [-0.05, 0) is 11.5 Å². The first kappa shape index (κ1) is 13.5. The van der Waals surface area contributed by atoms with Crippen LogP contribution in [0.15, 0.2) is 54.6 Å². The van der Waals surface area contributed by atoms with Crippen LogP contribution in [-0.2, 0) is 0 Å². The van der Waals surface area contributed by atoms with Gasteiger partial charge in [-0.1, -0.05) is 36.4 Å². The Morgan fingerprint density at radius 2 is 1.38 bits per heavy atom. The van der Waals surface area contributed by atoms with Crippen molar-refractivity contribution in [2.45, 2.75) is 0 Å². The Bertz CT molecular complexity index is 809. The van der Waals surface area contributed by atoms with Gasteiger partial charge in [0.2, 0.25) is 0 Å². The molecule has 0 unspecified atom stereocenters. The molecule has 3 aromatic carbocycles. The Hall–Kier alpha value is -2.49. The second-order valence-corrected chi connectivity index (χ2v) is 4.78. The van der Waals surface area contributed by atoms with Crippen LogP contribution in [0.2, 0.25) is 0 Å². The smallest absolute Gasteiger partial charge is 0.161 e. The van der Waals surface area contributed by atoms with Crippen molar-refractivity contribution in [2.24, 2.45) is 0 Å². The van der Waals surface area contributed by atoms with E-state index in [0.29, 0.717) is 6.07 Å². The van der Waals surface area contributed by atoms with E-state index in [4.69, 9.17) is 0 Å². The highest BCUT2D eigenvalue weighted by Crippen LogP contribution is 2.33. The number of nitrogens with zero attached hydrogens (tertiary/aromatic N) is 1. The summed E-state index contributed by atoms with van der Waals surface area (Å²) in [7, 11) is 1.62. The van der Waals surface area contributed by atoms with Gasteiger partial charge in [0.05, 0.1) is 5.69 Å². The molecule has 4 heteroatoms. The van der Waals surface area contributed by atoms with Gasteiger partial charge in [-0.15, -0.1) is 0 Å². The molecule has 0 aromatic heterocycles. The maximum atomic E-state index is 13.9. The van der Waals surface area contributed by atoms with Crippen LogP contribution in [0.4, 0.5) is 24.5 Å². The molecule has 21 heavy (non-hydrogen) atoms. The van der Waals surface area contributed by atoms with Gasteiger partial charge in [0, 0.05) is 30.3 Å². The van der Waals surface area contributed by atoms with Gasteiger partial charge in [-0.3, -0.25) is 0 Å². The molecule has 0 saturated carbocycles. The predicted octanol–water partition coefficient (Wildman–Crippen LogP) is 5.03. The molecule has 0 bridgehead atoms. The average molecular weight is 287 g/mol. The highest BCUT2D eigenvalue weighted by Gasteiger charge is 2.15. The van der Waals surface area contributed by atoms with Crippen molar-refractivity contribution in [3.8, 4) is 0 Å². The van der Waals surface area contributed by atoms with Crippen LogP contribution in [0, 0.1) is 17.5 Å². The fourth-order valence-corrected chi connectivity index (χ4v) is 2.40. The van der Waals surface area contributed by atoms with Crippen LogP contribution >= 0.6 is 0 Å². The summed E-state index contributed by atoms with van der Waals surface area (Å²) in [5.41, 5.74) is 0.711. The van der Waals surface area contributed by atoms with Crippen LogP contribution in [0.5, 0.6) is 0 Å². The van der Waals surface area contributed by atoms with Crippen LogP contribution in [0.3, 0.4) is 0 Å². The summed E-state index contributed by atoms with van der Waals surface area (Å²) in [5.74, 6) is -3.06. The Labute approximate surface area is 120 Å². The first-order chi connectivity index (χ1) is 10.1. The highest BCUT2D eigenvalue weighted by atomic mass is 19.2. The van der Waals surface area contributed by atoms with E-state index in [0.717, 1.165) is 22.5 Å². The Kier molecular flexibility index (Phi) is 3.29. The summed E-state index contributed by atoms with van der Waals surface area (Å²) >= 11 is 0. The minimum atomic E-state index is -1.19. The van der Waals surface area contributed by atoms with E-state index >= 15 is 0 Å². The maximum Gasteiger partial charge on any atom is 0.161 e. The zero-order valence-electron chi connectivity index (χ0n) is 11.3. The number of anilines is 2. The fourth-order valence-electron chi connectivity index (χ4n) is 2.40. The molecule has 0 saturated heterocycles. The Morgan fingerprint density at radius 3 is 2.19 bits per heavy atom. The molecule has 0 radical (unpaired) electrons. The minimum Gasteiger partial charge on any atom is -0.342 e. The first-order valence-corrected chi connectivity index (χ1v) is 6.44. The molecule has 0 N–H and O–H groups in total. The lowest BCUT2D eigenvalue weighted by Crippen LogP contribution is -2.12. The quantitative estimate of drug-likeness (QED) is 0.598. The largest absolute Gasteiger partial charge is 0.342 e. The molecule has 0 atom stereocenters. The molecule has 0 aliphatic heterocycles. The lowest BCUT2D eigenvalue weighted by molar-refractivity contribution is 0.495. The third-order valence-electron chi connectivity index (χ3n) is 3.48. The van der Waals surface area contributed by atoms with Gasteiger partial charge in [0.25, 0.3) is 0 Å². The van der Waals surface area contributed by atoms with Gasteiger partial charge in [-0.25, -0.2) is 13.2 Å². The number of fused-ring (bicyclic) bond motifs is 1. The molecular formula is C17H12F3N. The van der Waals surface area contributed by atoms with Crippen molar-refractivity contribution < 1.29 is 13.2 Å². The second-order valence-electron chi connectivity index (χ2n) is 4.78. The zero-order chi connectivity index (χ0) is 15.0. The molecule has 3 aromatic rings. The van der Waals surface area contributed by atoms with E-state index in [1.165, 1.54) is 4.90 Å². The summed E-state index contributed by atoms with van der Waals surface area (Å²) in [6.07, 6.45) is 0. The molecule has 1 nitrogen and oxygen atoms in total. The second kappa shape index (κ2) is 5.13. The molecule has 0 aliphatic rings. The number of rotatable bonds is 2. The first-order valence-electron chi connectivity index (χ1n) is 6.44. The third-order valence-corrected chi connectivity index (χ3v) is 3.48. The molecule has 0 aliphatic carbocycles. The maximum absolute atomic E-state index is 13.9. The normalized spacial score (nSPS) is 10.9. The van der Waals surface area contributed by atoms with Gasteiger partial charge in [-0.2, -0.15) is 0 Å². The van der Waals surface area contributed by atoms with Crippen molar-refractivity contribution in [3.05, 3.63) is 72.0 Å². The molecular weight excluding hydrogens is 275 g/mol. The summed E-state index contributed by atoms with van der Waals surface area (Å²) in [6.45, 7) is 0. The van der Waals surface area contributed by atoms with Crippen molar-refractivity contribution in [1.82, 2.24) is 0 Å². The summed E-state index contributed by atoms with van der Waals surface area (Å²) in [6, 6.07) is 14.6. The minimum absolute atomic E-state index is 0.00902. The zero-order valence-corrected chi connectivity index (χ0v) is 11.3. The van der Waals surface area contributed by atoms with E-state index in [2.05, 4.69) is 0 Å². The lowest BCUT2D eigenvalue weighted by Gasteiger charge is -2.22. The number of hydrogen-bond donors (Lipinski definition) is 0. The van der Waals surface area contributed by atoms with E-state index in [9.17, 15) is 13.2 Å². The average Bonchev–Trinajstić information content (AvgIpc) is 2.49. The van der Waals surface area contributed by atoms with Crippen molar-refractivity contribution in [1.29, 1.82) is 0 Å². The highest BCUT2D eigenvalue weighted by molar-refractivity contribution is 5.95. The molecule has 106 valence electrons. The summed E-state index contributed by atoms with van der Waals surface area (Å²) in [5, 5.41) is 1.90. The van der Waals surface area contributed by atoms with Crippen molar-refractivity contribution in [3.63, 3.8) is 0 Å². The van der Waals surface area contributed by atoms with Crippen molar-refractivity contribution in [2.75, 3.05) is 11.9 Å². The fraction of sp³-hybridized carbons (Fsp3) is 0.0588. The standard InChI is InChI=1S/C17H12F3N/c1-21(17-10-14(19)13(18)9-15(17)20)16-8-4-6-11-5-2-3-7-12(11)16/h2-10H,1H3. The summed E-state index contributed by atoms with van der Waals surface area (Å²) in [4.78, 5) is 1.51. The van der Waals surface area contributed by atoms with Gasteiger partial charge >= 0.3 is 0 Å². The predicted molar refractivity (Wildman–Crippen MR) is 78.3 cm³/mol. The Balaban J connectivity index is 2.17. The number of halogens is 3. The van der Waals surface area contributed by atoms with Gasteiger partial charge in [0.1, 0.15) is 5.82 Å². The van der Waals surface area contributed by atoms with E-state index < -0.39 is 17.5 Å². The number of benzene rings is 3. The van der Waals surface area contributed by atoms with E-state index in [1.54, 1.807) is 7.05 Å². The topological polar surface area (TPSA) is 3.24 Å². The molecule has 0 spiro atoms. The van der Waals surface area contributed by atoms with Crippen LogP contribution < -0.4 is 4.90 Å². The molecule has 3 rings (SSSR count). The summed E-state index contributed by atoms with van der Waals surface area (Å²) < 4.78 is 40.3. The van der Waals surface area contributed by atoms with E-state index in [1.807, 2.05) is 42.5 Å². The molecule has 0 fully saturated rings. The number of hydrogen-bond acceptors (Lipinski definition) is 1. The van der Waals surface area contributed by atoms with Crippen LogP contribution in [0.25, 0.3) is 10.8 Å². The van der Waals surface area contributed by atoms with Crippen LogP contribution in [0.1, 0.15) is 0 Å². The van der Waals surface area contributed by atoms with Gasteiger partial charge < -0.3 is 4.90 Å². The van der Waals surface area contributed by atoms with Gasteiger partial charge in [0.15, 0.2) is 11.6 Å². The third kappa shape index (κ3) is 2.33. The molecule has 0 heterocycles. The molecule has 0 amide bonds.